The summed E-state index contributed by atoms with van der Waals surface area (Å²) < 4.78 is 53.4. The Morgan fingerprint density at radius 1 is 0.946 bits per heavy atom. The molecule has 0 radical (unpaired) electrons. The Morgan fingerprint density at radius 2 is 1.62 bits per heavy atom. The van der Waals surface area contributed by atoms with E-state index in [0.717, 1.165) is 43.2 Å². The number of fused-ring (bicyclic) bond motifs is 3. The first-order valence-corrected chi connectivity index (χ1v) is 15.0. The number of benzene rings is 2. The first kappa shape index (κ1) is 29.2. The van der Waals surface area contributed by atoms with E-state index in [1.165, 1.54) is 24.3 Å². The Bertz CT molecular complexity index is 1140. The van der Waals surface area contributed by atoms with E-state index >= 15 is 0 Å². The minimum atomic E-state index is -3.27. The number of amides is 1. The highest BCUT2D eigenvalue weighted by molar-refractivity contribution is 7.54. The lowest BCUT2D eigenvalue weighted by molar-refractivity contribution is -0.121. The molecule has 1 atom stereocenters. The van der Waals surface area contributed by atoms with E-state index in [1.807, 2.05) is 26.8 Å². The van der Waals surface area contributed by atoms with Crippen LogP contribution in [0.5, 0.6) is 0 Å². The van der Waals surface area contributed by atoms with Crippen molar-refractivity contribution in [2.45, 2.75) is 65.2 Å². The summed E-state index contributed by atoms with van der Waals surface area (Å²) in [6, 6.07) is 7.18. The largest absolute Gasteiger partial charge is 0.355 e. The van der Waals surface area contributed by atoms with E-state index in [9.17, 15) is 18.1 Å². The summed E-state index contributed by atoms with van der Waals surface area (Å²) >= 11 is 0. The van der Waals surface area contributed by atoms with Crippen molar-refractivity contribution in [2.75, 3.05) is 25.9 Å². The molecule has 0 saturated carbocycles. The number of nitrogens with one attached hydrogen (secondary N) is 1. The van der Waals surface area contributed by atoms with E-state index < -0.39 is 25.1 Å². The summed E-state index contributed by atoms with van der Waals surface area (Å²) in [5.74, 6) is -1.94. The molecule has 0 bridgehead atoms. The van der Waals surface area contributed by atoms with Gasteiger partial charge in [-0.05, 0) is 77.8 Å². The van der Waals surface area contributed by atoms with Crippen LogP contribution in [0.1, 0.15) is 75.5 Å². The van der Waals surface area contributed by atoms with Crippen molar-refractivity contribution in [1.29, 1.82) is 0 Å². The molecular weight excluding hydrogens is 495 g/mol. The third-order valence-corrected chi connectivity index (χ3v) is 8.15. The second-order valence-electron chi connectivity index (χ2n) is 9.33. The molecule has 2 aromatic carbocycles. The van der Waals surface area contributed by atoms with Gasteiger partial charge in [-0.15, -0.1) is 0 Å². The predicted octanol–water partition coefficient (Wildman–Crippen LogP) is 7.53. The van der Waals surface area contributed by atoms with E-state index in [2.05, 4.69) is 5.32 Å². The number of halogens is 2. The van der Waals surface area contributed by atoms with Crippen LogP contribution in [-0.2, 0) is 24.8 Å². The van der Waals surface area contributed by atoms with Crippen molar-refractivity contribution < 1.29 is 27.2 Å². The second-order valence-corrected chi connectivity index (χ2v) is 11.4. The molecule has 1 aliphatic carbocycles. The Balaban J connectivity index is 1.86. The number of rotatable bonds is 15. The fourth-order valence-electron chi connectivity index (χ4n) is 4.46. The molecule has 37 heavy (non-hydrogen) atoms. The molecule has 0 heterocycles. The molecule has 0 spiro atoms. The number of hydrogen-bond acceptors (Lipinski definition) is 4. The first-order chi connectivity index (χ1) is 17.8. The molecule has 0 fully saturated rings. The van der Waals surface area contributed by atoms with Gasteiger partial charge in [0.15, 0.2) is 0 Å². The molecular formula is C29H38F2NO4P. The molecule has 1 unspecified atom stereocenters. The second kappa shape index (κ2) is 14.0. The van der Waals surface area contributed by atoms with E-state index in [-0.39, 0.29) is 12.1 Å². The van der Waals surface area contributed by atoms with E-state index in [1.54, 1.807) is 12.1 Å². The fraction of sp³-hybridized carbons (Fsp3) is 0.483. The molecule has 3 rings (SSSR count). The highest BCUT2D eigenvalue weighted by Crippen LogP contribution is 2.49. The van der Waals surface area contributed by atoms with Gasteiger partial charge in [0, 0.05) is 6.54 Å². The molecule has 0 aliphatic heterocycles. The van der Waals surface area contributed by atoms with Crippen LogP contribution >= 0.6 is 7.60 Å². The summed E-state index contributed by atoms with van der Waals surface area (Å²) in [5, 5.41) is 2.87. The SMILES string of the molecule is CCCCOP(=O)(CC=CCc1cc(F)cc2c1-c1ccc(F)cc1C2C(=O)NCCC)OCCCC. The third-order valence-electron chi connectivity index (χ3n) is 6.34. The molecule has 0 saturated heterocycles. The van der Waals surface area contributed by atoms with Crippen LogP contribution in [0.4, 0.5) is 8.78 Å². The average Bonchev–Trinajstić information content (AvgIpc) is 3.18. The van der Waals surface area contributed by atoms with Crippen LogP contribution in [0.3, 0.4) is 0 Å². The number of unbranched alkanes of at least 4 members (excludes halogenated alkanes) is 2. The van der Waals surface area contributed by atoms with Crippen molar-refractivity contribution in [1.82, 2.24) is 5.32 Å². The smallest absolute Gasteiger partial charge is 0.334 e. The summed E-state index contributed by atoms with van der Waals surface area (Å²) in [4.78, 5) is 13.0. The average molecular weight is 534 g/mol. The zero-order chi connectivity index (χ0) is 26.8. The van der Waals surface area contributed by atoms with E-state index in [0.29, 0.717) is 42.9 Å². The van der Waals surface area contributed by atoms with Gasteiger partial charge in [-0.1, -0.05) is 51.8 Å². The lowest BCUT2D eigenvalue weighted by Gasteiger charge is -2.17. The van der Waals surface area contributed by atoms with Crippen LogP contribution in [0.15, 0.2) is 42.5 Å². The standard InChI is InChI=1S/C29H38F2NO4P/c1-4-7-15-35-37(34,36-16-8-5-2)17-10-9-11-21-18-23(31)20-26-27(21)24-13-12-22(30)19-25(24)28(26)29(33)32-14-6-3/h9-10,12-13,18-20,28H,4-8,11,14-17H2,1-3H3,(H,32,33). The summed E-state index contributed by atoms with van der Waals surface area (Å²) in [6.45, 7) is 7.26. The highest BCUT2D eigenvalue weighted by Gasteiger charge is 2.36. The zero-order valence-corrected chi connectivity index (χ0v) is 22.9. The van der Waals surface area contributed by atoms with Gasteiger partial charge in [0.2, 0.25) is 5.91 Å². The maximum Gasteiger partial charge on any atom is 0.334 e. The number of allylic oxidation sites excluding steroid dienone is 2. The predicted molar refractivity (Wildman–Crippen MR) is 144 cm³/mol. The number of carbonyl (C=O) groups is 1. The van der Waals surface area contributed by atoms with Gasteiger partial charge >= 0.3 is 7.60 Å². The van der Waals surface area contributed by atoms with Gasteiger partial charge < -0.3 is 14.4 Å². The Labute approximate surface area is 219 Å². The normalized spacial score (nSPS) is 14.7. The molecule has 8 heteroatoms. The lowest BCUT2D eigenvalue weighted by Crippen LogP contribution is -2.29. The van der Waals surface area contributed by atoms with Gasteiger partial charge in [0.25, 0.3) is 0 Å². The maximum atomic E-state index is 14.7. The van der Waals surface area contributed by atoms with Crippen molar-refractivity contribution in [3.63, 3.8) is 0 Å². The van der Waals surface area contributed by atoms with Gasteiger partial charge in [-0.3, -0.25) is 9.36 Å². The topological polar surface area (TPSA) is 64.6 Å². The monoisotopic (exact) mass is 533 g/mol. The summed E-state index contributed by atoms with van der Waals surface area (Å²) in [6.07, 6.45) is 8.27. The van der Waals surface area contributed by atoms with Crippen molar-refractivity contribution in [2.24, 2.45) is 0 Å². The first-order valence-electron chi connectivity index (χ1n) is 13.3. The van der Waals surface area contributed by atoms with Crippen molar-refractivity contribution in [3.8, 4) is 11.1 Å². The lowest BCUT2D eigenvalue weighted by atomic mass is 9.93. The molecule has 2 aromatic rings. The third kappa shape index (κ3) is 7.59. The minimum Gasteiger partial charge on any atom is -0.355 e. The highest BCUT2D eigenvalue weighted by atomic mass is 31.2. The van der Waals surface area contributed by atoms with Gasteiger partial charge in [-0.2, -0.15) is 0 Å². The van der Waals surface area contributed by atoms with Crippen LogP contribution in [0.2, 0.25) is 0 Å². The van der Waals surface area contributed by atoms with Crippen LogP contribution < -0.4 is 5.32 Å². The Kier molecular flexibility index (Phi) is 11.0. The number of carbonyl (C=O) groups excluding carboxylic acids is 1. The van der Waals surface area contributed by atoms with E-state index in [4.69, 9.17) is 9.05 Å². The van der Waals surface area contributed by atoms with Crippen LogP contribution in [0.25, 0.3) is 11.1 Å². The maximum absolute atomic E-state index is 14.7. The molecule has 202 valence electrons. The van der Waals surface area contributed by atoms with Crippen molar-refractivity contribution >= 4 is 13.5 Å². The van der Waals surface area contributed by atoms with Crippen LogP contribution in [0, 0.1) is 11.6 Å². The molecule has 0 aromatic heterocycles. The van der Waals surface area contributed by atoms with Gasteiger partial charge in [-0.25, -0.2) is 8.78 Å². The molecule has 1 aliphatic rings. The van der Waals surface area contributed by atoms with Gasteiger partial charge in [0.1, 0.15) is 11.6 Å². The quantitative estimate of drug-likeness (QED) is 0.146. The minimum absolute atomic E-state index is 0.127. The number of hydrogen-bond donors (Lipinski definition) is 1. The van der Waals surface area contributed by atoms with Crippen molar-refractivity contribution in [3.05, 3.63) is 70.8 Å². The Morgan fingerprint density at radius 3 is 2.27 bits per heavy atom. The molecule has 5 nitrogen and oxygen atoms in total. The summed E-state index contributed by atoms with van der Waals surface area (Å²) in [5.41, 5.74) is 3.23. The fourth-order valence-corrected chi connectivity index (χ4v) is 5.96. The van der Waals surface area contributed by atoms with Gasteiger partial charge in [0.05, 0.1) is 25.3 Å². The van der Waals surface area contributed by atoms with Crippen LogP contribution in [-0.4, -0.2) is 31.8 Å². The molecule has 1 amide bonds. The Hall–Kier alpha value is -2.34. The summed E-state index contributed by atoms with van der Waals surface area (Å²) in [7, 11) is -3.27. The molecule has 1 N–H and O–H groups in total. The zero-order valence-electron chi connectivity index (χ0n) is 22.0.